The van der Waals surface area contributed by atoms with Crippen LogP contribution in [-0.2, 0) is 16.1 Å². The lowest BCUT2D eigenvalue weighted by molar-refractivity contribution is -0.138. The highest BCUT2D eigenvalue weighted by atomic mass is 32.1. The minimum absolute atomic E-state index is 0.0967. The lowest BCUT2D eigenvalue weighted by atomic mass is 10.1. The first-order valence-corrected chi connectivity index (χ1v) is 9.66. The highest BCUT2D eigenvalue weighted by Crippen LogP contribution is 2.23. The molecule has 8 heteroatoms. The summed E-state index contributed by atoms with van der Waals surface area (Å²) >= 11 is 1.63. The Kier molecular flexibility index (Phi) is 5.26. The topological polar surface area (TPSA) is 78.8 Å². The summed E-state index contributed by atoms with van der Waals surface area (Å²) < 4.78 is 5.81. The summed E-state index contributed by atoms with van der Waals surface area (Å²) in [4.78, 5) is 25.6. The number of carboxylic acids is 1. The van der Waals surface area contributed by atoms with Crippen molar-refractivity contribution in [2.24, 2.45) is 5.92 Å². The van der Waals surface area contributed by atoms with Gasteiger partial charge in [0.1, 0.15) is 0 Å². The third kappa shape index (κ3) is 4.09. The number of hydrogen-bond acceptors (Lipinski definition) is 7. The summed E-state index contributed by atoms with van der Waals surface area (Å²) in [6, 6.07) is 4.21. The van der Waals surface area contributed by atoms with Crippen molar-refractivity contribution in [3.63, 3.8) is 0 Å². The fourth-order valence-electron chi connectivity index (χ4n) is 3.74. The van der Waals surface area contributed by atoms with Gasteiger partial charge in [-0.25, -0.2) is 9.97 Å². The molecule has 26 heavy (non-hydrogen) atoms. The standard InChI is InChI=1S/C18H22N4O3S/c23-17(24)10-21-6-14-8-22(15(9-21)12-25-11-14)7-13-4-19-18(20-5-13)16-2-1-3-26-16/h1-5,14-15H,6-12H2,(H,23,24)/t14-,15-/m0/s1. The van der Waals surface area contributed by atoms with Gasteiger partial charge in [0.2, 0.25) is 0 Å². The van der Waals surface area contributed by atoms with E-state index in [1.807, 2.05) is 34.8 Å². The quantitative estimate of drug-likeness (QED) is 0.848. The first kappa shape index (κ1) is 17.5. The Balaban J connectivity index is 1.46. The summed E-state index contributed by atoms with van der Waals surface area (Å²) in [6.45, 7) is 4.59. The van der Waals surface area contributed by atoms with Gasteiger partial charge in [-0.3, -0.25) is 14.6 Å². The number of aliphatic carboxylic acids is 1. The molecule has 2 aliphatic rings. The molecule has 0 spiro atoms. The summed E-state index contributed by atoms with van der Waals surface area (Å²) in [5, 5.41) is 11.1. The van der Waals surface area contributed by atoms with Crippen molar-refractivity contribution in [1.29, 1.82) is 0 Å². The Hall–Kier alpha value is -1.87. The first-order valence-electron chi connectivity index (χ1n) is 8.78. The number of aromatic nitrogens is 2. The van der Waals surface area contributed by atoms with Crippen LogP contribution in [0.25, 0.3) is 10.7 Å². The summed E-state index contributed by atoms with van der Waals surface area (Å²) in [5.74, 6) is 0.317. The van der Waals surface area contributed by atoms with Gasteiger partial charge in [0.05, 0.1) is 24.6 Å². The van der Waals surface area contributed by atoms with Gasteiger partial charge in [0.15, 0.2) is 5.82 Å². The smallest absolute Gasteiger partial charge is 0.317 e. The van der Waals surface area contributed by atoms with E-state index in [4.69, 9.17) is 9.84 Å². The van der Waals surface area contributed by atoms with Gasteiger partial charge >= 0.3 is 5.97 Å². The second kappa shape index (κ2) is 7.79. The van der Waals surface area contributed by atoms with Gasteiger partial charge in [-0.05, 0) is 11.4 Å². The molecule has 7 nitrogen and oxygen atoms in total. The number of rotatable bonds is 5. The van der Waals surface area contributed by atoms with Crippen LogP contribution in [-0.4, -0.2) is 76.3 Å². The fraction of sp³-hybridized carbons (Fsp3) is 0.500. The minimum atomic E-state index is -0.769. The average molecular weight is 374 g/mol. The van der Waals surface area contributed by atoms with Crippen LogP contribution in [0.2, 0.25) is 0 Å². The van der Waals surface area contributed by atoms with Crippen molar-refractivity contribution >= 4 is 17.3 Å². The predicted molar refractivity (Wildman–Crippen MR) is 97.9 cm³/mol. The second-order valence-corrected chi connectivity index (χ2v) is 7.91. The van der Waals surface area contributed by atoms with Crippen LogP contribution < -0.4 is 0 Å². The fourth-order valence-corrected chi connectivity index (χ4v) is 4.42. The van der Waals surface area contributed by atoms with Crippen molar-refractivity contribution in [3.05, 3.63) is 35.5 Å². The van der Waals surface area contributed by atoms with Crippen LogP contribution in [0.15, 0.2) is 29.9 Å². The molecule has 1 N–H and O–H groups in total. The largest absolute Gasteiger partial charge is 0.480 e. The lowest BCUT2D eigenvalue weighted by Gasteiger charge is -2.30. The Morgan fingerprint density at radius 1 is 1.27 bits per heavy atom. The van der Waals surface area contributed by atoms with Crippen LogP contribution in [0.3, 0.4) is 0 Å². The molecule has 2 aromatic rings. The number of ether oxygens (including phenoxy) is 1. The van der Waals surface area contributed by atoms with Crippen molar-refractivity contribution < 1.29 is 14.6 Å². The molecule has 2 saturated heterocycles. The van der Waals surface area contributed by atoms with Crippen LogP contribution in [0.5, 0.6) is 0 Å². The maximum Gasteiger partial charge on any atom is 0.317 e. The molecule has 4 heterocycles. The van der Waals surface area contributed by atoms with Crippen LogP contribution in [0, 0.1) is 5.92 Å². The molecule has 0 aromatic carbocycles. The molecular formula is C18H22N4O3S. The molecule has 2 aliphatic heterocycles. The second-order valence-electron chi connectivity index (χ2n) is 6.97. The summed E-state index contributed by atoms with van der Waals surface area (Å²) in [7, 11) is 0. The zero-order chi connectivity index (χ0) is 17.9. The van der Waals surface area contributed by atoms with Crippen molar-refractivity contribution in [2.75, 3.05) is 39.4 Å². The van der Waals surface area contributed by atoms with Gasteiger partial charge in [-0.1, -0.05) is 6.07 Å². The van der Waals surface area contributed by atoms with Gasteiger partial charge in [-0.2, -0.15) is 0 Å². The monoisotopic (exact) mass is 374 g/mol. The van der Waals surface area contributed by atoms with Crippen LogP contribution in [0.4, 0.5) is 0 Å². The third-order valence-electron chi connectivity index (χ3n) is 4.85. The lowest BCUT2D eigenvalue weighted by Crippen LogP contribution is -2.44. The minimum Gasteiger partial charge on any atom is -0.480 e. The molecule has 0 aliphatic carbocycles. The summed E-state index contributed by atoms with van der Waals surface area (Å²) in [6.07, 6.45) is 3.79. The molecule has 2 atom stereocenters. The maximum absolute atomic E-state index is 11.1. The molecular weight excluding hydrogens is 352 g/mol. The van der Waals surface area contributed by atoms with Crippen LogP contribution in [0.1, 0.15) is 5.56 Å². The maximum atomic E-state index is 11.1. The van der Waals surface area contributed by atoms with Crippen molar-refractivity contribution in [2.45, 2.75) is 12.6 Å². The Labute approximate surface area is 156 Å². The van der Waals surface area contributed by atoms with Gasteiger partial charge in [-0.15, -0.1) is 11.3 Å². The molecule has 0 radical (unpaired) electrons. The molecule has 4 rings (SSSR count). The average Bonchev–Trinajstić information content (AvgIpc) is 3.01. The molecule has 2 fully saturated rings. The highest BCUT2D eigenvalue weighted by Gasteiger charge is 2.33. The zero-order valence-corrected chi connectivity index (χ0v) is 15.3. The van der Waals surface area contributed by atoms with E-state index in [-0.39, 0.29) is 12.6 Å². The Bertz CT molecular complexity index is 737. The van der Waals surface area contributed by atoms with Crippen molar-refractivity contribution in [1.82, 2.24) is 19.8 Å². The van der Waals surface area contributed by atoms with E-state index in [0.29, 0.717) is 19.1 Å². The number of fused-ring (bicyclic) bond motifs is 3. The molecule has 0 unspecified atom stereocenters. The highest BCUT2D eigenvalue weighted by molar-refractivity contribution is 7.13. The van der Waals surface area contributed by atoms with E-state index in [9.17, 15) is 4.79 Å². The normalized spacial score (nSPS) is 24.3. The number of nitrogens with zero attached hydrogens (tertiary/aromatic N) is 4. The Morgan fingerprint density at radius 3 is 2.85 bits per heavy atom. The molecule has 2 bridgehead atoms. The van der Waals surface area contributed by atoms with E-state index in [2.05, 4.69) is 14.9 Å². The number of hydrogen-bond donors (Lipinski definition) is 1. The van der Waals surface area contributed by atoms with Crippen LogP contribution >= 0.6 is 11.3 Å². The molecule has 0 saturated carbocycles. The van der Waals surface area contributed by atoms with E-state index in [1.54, 1.807) is 11.3 Å². The van der Waals surface area contributed by atoms with E-state index < -0.39 is 5.97 Å². The Morgan fingerprint density at radius 2 is 2.12 bits per heavy atom. The van der Waals surface area contributed by atoms with Gasteiger partial charge in [0, 0.05) is 56.1 Å². The SMILES string of the molecule is O=C(O)CN1C[C@@H]2COC[C@H](C1)N(Cc1cnc(-c3cccs3)nc1)C2. The summed E-state index contributed by atoms with van der Waals surface area (Å²) in [5.41, 5.74) is 1.07. The van der Waals surface area contributed by atoms with Gasteiger partial charge in [0.25, 0.3) is 0 Å². The van der Waals surface area contributed by atoms with Gasteiger partial charge < -0.3 is 9.84 Å². The van der Waals surface area contributed by atoms with E-state index in [0.717, 1.165) is 42.4 Å². The molecule has 2 aromatic heterocycles. The number of thiophene rings is 1. The third-order valence-corrected chi connectivity index (χ3v) is 5.72. The zero-order valence-electron chi connectivity index (χ0n) is 14.5. The number of carbonyl (C=O) groups is 1. The first-order chi connectivity index (χ1) is 12.7. The predicted octanol–water partition coefficient (Wildman–Crippen LogP) is 1.42. The number of carboxylic acid groups (broad SMARTS) is 1. The molecule has 0 amide bonds. The van der Waals surface area contributed by atoms with Crippen molar-refractivity contribution in [3.8, 4) is 10.7 Å². The van der Waals surface area contributed by atoms with E-state index >= 15 is 0 Å². The molecule has 138 valence electrons. The van der Waals surface area contributed by atoms with E-state index in [1.165, 1.54) is 0 Å².